The summed E-state index contributed by atoms with van der Waals surface area (Å²) in [4.78, 5) is 12.3. The van der Waals surface area contributed by atoms with Crippen LogP contribution in [-0.2, 0) is 9.53 Å². The van der Waals surface area contributed by atoms with E-state index in [9.17, 15) is 4.79 Å². The van der Waals surface area contributed by atoms with E-state index in [1.165, 1.54) is 38.5 Å². The van der Waals surface area contributed by atoms with Crippen LogP contribution in [0, 0.1) is 5.41 Å². The molecule has 0 atom stereocenters. The Balaban J connectivity index is 2.35. The summed E-state index contributed by atoms with van der Waals surface area (Å²) in [5, 5.41) is 0. The van der Waals surface area contributed by atoms with Crippen molar-refractivity contribution in [1.82, 2.24) is 0 Å². The summed E-state index contributed by atoms with van der Waals surface area (Å²) in [6, 6.07) is 0. The van der Waals surface area contributed by atoms with Gasteiger partial charge in [0, 0.05) is 0 Å². The number of unbranched alkanes of at least 4 members (excludes halogenated alkanes) is 3. The number of carbonyl (C=O) groups excluding carboxylic acids is 1. The number of carbonyl (C=O) groups is 1. The summed E-state index contributed by atoms with van der Waals surface area (Å²) in [6.07, 6.45) is 12.6. The summed E-state index contributed by atoms with van der Waals surface area (Å²) < 4.78 is 5.55. The van der Waals surface area contributed by atoms with Crippen LogP contribution in [0.3, 0.4) is 0 Å². The highest BCUT2D eigenvalue weighted by molar-refractivity contribution is 5.76. The maximum Gasteiger partial charge on any atom is 0.312 e. The van der Waals surface area contributed by atoms with Crippen LogP contribution in [0.4, 0.5) is 0 Å². The average Bonchev–Trinajstić information content (AvgIpc) is 2.39. The van der Waals surface area contributed by atoms with Gasteiger partial charge in [-0.1, -0.05) is 58.8 Å². The molecule has 0 saturated heterocycles. The molecule has 1 aliphatic carbocycles. The minimum Gasteiger partial charge on any atom is -0.465 e. The van der Waals surface area contributed by atoms with Gasteiger partial charge in [0.05, 0.1) is 12.0 Å². The summed E-state index contributed by atoms with van der Waals surface area (Å²) >= 11 is 0. The van der Waals surface area contributed by atoms with Gasteiger partial charge in [-0.15, -0.1) is 0 Å². The molecular formula is C16H30O2. The molecule has 0 N–H and O–H groups in total. The van der Waals surface area contributed by atoms with Crippen molar-refractivity contribution in [2.75, 3.05) is 6.61 Å². The van der Waals surface area contributed by atoms with E-state index in [0.29, 0.717) is 6.61 Å². The minimum atomic E-state index is -0.127. The Morgan fingerprint density at radius 1 is 1.00 bits per heavy atom. The van der Waals surface area contributed by atoms with Crippen molar-refractivity contribution in [3.05, 3.63) is 0 Å². The Bertz CT molecular complexity index is 224. The molecule has 1 fully saturated rings. The third kappa shape index (κ3) is 4.62. The zero-order chi connectivity index (χ0) is 13.3. The highest BCUT2D eigenvalue weighted by Gasteiger charge is 2.39. The Kier molecular flexibility index (Phi) is 7.38. The molecule has 0 aromatic heterocycles. The monoisotopic (exact) mass is 254 g/mol. The number of ether oxygens (including phenoxy) is 1. The maximum absolute atomic E-state index is 12.3. The van der Waals surface area contributed by atoms with Crippen LogP contribution in [0.1, 0.15) is 84.5 Å². The van der Waals surface area contributed by atoms with Crippen molar-refractivity contribution in [1.29, 1.82) is 0 Å². The molecule has 0 spiro atoms. The fraction of sp³-hybridized carbons (Fsp3) is 0.938. The Morgan fingerprint density at radius 3 is 2.33 bits per heavy atom. The van der Waals surface area contributed by atoms with Gasteiger partial charge in [0.2, 0.25) is 0 Å². The predicted octanol–water partition coefficient (Wildman–Crippen LogP) is 4.86. The molecule has 1 rings (SSSR count). The lowest BCUT2D eigenvalue weighted by atomic mass is 9.71. The fourth-order valence-corrected chi connectivity index (χ4v) is 3.11. The van der Waals surface area contributed by atoms with Gasteiger partial charge in [-0.05, 0) is 25.7 Å². The SMILES string of the molecule is CCCCCCOC(=O)C1(CCC)CCCCC1. The van der Waals surface area contributed by atoms with E-state index in [1.807, 2.05) is 0 Å². The fourth-order valence-electron chi connectivity index (χ4n) is 3.11. The first-order chi connectivity index (χ1) is 8.75. The van der Waals surface area contributed by atoms with E-state index < -0.39 is 0 Å². The van der Waals surface area contributed by atoms with Crippen molar-refractivity contribution in [2.24, 2.45) is 5.41 Å². The summed E-state index contributed by atoms with van der Waals surface area (Å²) in [5.74, 6) is 0.0977. The van der Waals surface area contributed by atoms with E-state index in [1.54, 1.807) is 0 Å². The highest BCUT2D eigenvalue weighted by atomic mass is 16.5. The molecule has 1 saturated carbocycles. The molecule has 0 amide bonds. The van der Waals surface area contributed by atoms with Crippen LogP contribution >= 0.6 is 0 Å². The van der Waals surface area contributed by atoms with Crippen LogP contribution in [0.15, 0.2) is 0 Å². The first-order valence-electron chi connectivity index (χ1n) is 7.92. The summed E-state index contributed by atoms with van der Waals surface area (Å²) in [5.41, 5.74) is -0.127. The largest absolute Gasteiger partial charge is 0.465 e. The quantitative estimate of drug-likeness (QED) is 0.456. The van der Waals surface area contributed by atoms with Gasteiger partial charge >= 0.3 is 5.97 Å². The lowest BCUT2D eigenvalue weighted by Crippen LogP contribution is -2.35. The molecule has 106 valence electrons. The first-order valence-corrected chi connectivity index (χ1v) is 7.92. The van der Waals surface area contributed by atoms with Crippen molar-refractivity contribution >= 4 is 5.97 Å². The van der Waals surface area contributed by atoms with Crippen LogP contribution in [-0.4, -0.2) is 12.6 Å². The number of hydrogen-bond donors (Lipinski definition) is 0. The maximum atomic E-state index is 12.3. The van der Waals surface area contributed by atoms with Crippen LogP contribution in [0.2, 0.25) is 0 Å². The van der Waals surface area contributed by atoms with Gasteiger partial charge in [0.1, 0.15) is 0 Å². The van der Waals surface area contributed by atoms with E-state index in [-0.39, 0.29) is 11.4 Å². The zero-order valence-electron chi connectivity index (χ0n) is 12.3. The molecule has 0 bridgehead atoms. The molecule has 2 nitrogen and oxygen atoms in total. The van der Waals surface area contributed by atoms with E-state index in [0.717, 1.165) is 32.1 Å². The Morgan fingerprint density at radius 2 is 1.72 bits per heavy atom. The first kappa shape index (κ1) is 15.5. The van der Waals surface area contributed by atoms with Crippen LogP contribution in [0.25, 0.3) is 0 Å². The molecule has 1 aliphatic rings. The van der Waals surface area contributed by atoms with Crippen LogP contribution < -0.4 is 0 Å². The highest BCUT2D eigenvalue weighted by Crippen LogP contribution is 2.41. The van der Waals surface area contributed by atoms with Crippen LogP contribution in [0.5, 0.6) is 0 Å². The summed E-state index contributed by atoms with van der Waals surface area (Å²) in [6.45, 7) is 5.00. The molecule has 0 aromatic rings. The second kappa shape index (κ2) is 8.55. The average molecular weight is 254 g/mol. The lowest BCUT2D eigenvalue weighted by molar-refractivity contribution is -0.159. The normalized spacial score (nSPS) is 18.6. The second-order valence-electron chi connectivity index (χ2n) is 5.79. The van der Waals surface area contributed by atoms with Gasteiger partial charge in [-0.2, -0.15) is 0 Å². The van der Waals surface area contributed by atoms with Gasteiger partial charge in [0.15, 0.2) is 0 Å². The van der Waals surface area contributed by atoms with E-state index >= 15 is 0 Å². The van der Waals surface area contributed by atoms with E-state index in [4.69, 9.17) is 4.74 Å². The standard InChI is InChI=1S/C16H30O2/c1-3-5-6-10-14-18-15(17)16(11-4-2)12-8-7-9-13-16/h3-14H2,1-2H3. The van der Waals surface area contributed by atoms with E-state index in [2.05, 4.69) is 13.8 Å². The number of esters is 1. The zero-order valence-corrected chi connectivity index (χ0v) is 12.3. The van der Waals surface area contributed by atoms with Crippen molar-refractivity contribution in [3.63, 3.8) is 0 Å². The second-order valence-corrected chi connectivity index (χ2v) is 5.79. The molecule has 0 aromatic carbocycles. The third-order valence-electron chi connectivity index (χ3n) is 4.20. The molecular weight excluding hydrogens is 224 g/mol. The van der Waals surface area contributed by atoms with Gasteiger partial charge in [-0.25, -0.2) is 0 Å². The predicted molar refractivity (Wildman–Crippen MR) is 75.5 cm³/mol. The van der Waals surface area contributed by atoms with Gasteiger partial charge in [-0.3, -0.25) is 4.79 Å². The van der Waals surface area contributed by atoms with Gasteiger partial charge in [0.25, 0.3) is 0 Å². The topological polar surface area (TPSA) is 26.3 Å². The smallest absolute Gasteiger partial charge is 0.312 e. The molecule has 2 heteroatoms. The van der Waals surface area contributed by atoms with Crippen molar-refractivity contribution in [2.45, 2.75) is 84.5 Å². The molecule has 0 unspecified atom stereocenters. The molecule has 0 radical (unpaired) electrons. The van der Waals surface area contributed by atoms with Crippen molar-refractivity contribution in [3.8, 4) is 0 Å². The number of hydrogen-bond acceptors (Lipinski definition) is 2. The number of rotatable bonds is 8. The molecule has 0 heterocycles. The van der Waals surface area contributed by atoms with Crippen molar-refractivity contribution < 1.29 is 9.53 Å². The third-order valence-corrected chi connectivity index (χ3v) is 4.20. The Labute approximate surface area is 112 Å². The van der Waals surface area contributed by atoms with Gasteiger partial charge < -0.3 is 4.74 Å². The lowest BCUT2D eigenvalue weighted by Gasteiger charge is -2.34. The minimum absolute atomic E-state index is 0.0977. The Hall–Kier alpha value is -0.530. The molecule has 0 aliphatic heterocycles. The summed E-state index contributed by atoms with van der Waals surface area (Å²) in [7, 11) is 0. The molecule has 18 heavy (non-hydrogen) atoms.